The van der Waals surface area contributed by atoms with Gasteiger partial charge in [0.2, 0.25) is 0 Å². The van der Waals surface area contributed by atoms with E-state index in [9.17, 15) is 0 Å². The summed E-state index contributed by atoms with van der Waals surface area (Å²) in [5, 5.41) is 2.56. The molecule has 0 saturated heterocycles. The highest BCUT2D eigenvalue weighted by atomic mass is 35.5. The van der Waals surface area contributed by atoms with E-state index < -0.39 is 0 Å². The van der Waals surface area contributed by atoms with Gasteiger partial charge in [-0.25, -0.2) is 0 Å². The van der Waals surface area contributed by atoms with Crippen molar-refractivity contribution >= 4 is 22.9 Å². The first-order valence-electron chi connectivity index (χ1n) is 7.99. The third-order valence-corrected chi connectivity index (χ3v) is 5.16. The summed E-state index contributed by atoms with van der Waals surface area (Å²) >= 11 is 8.10. The monoisotopic (exact) mass is 373 g/mol. The van der Waals surface area contributed by atoms with Crippen molar-refractivity contribution in [3.63, 3.8) is 0 Å². The Morgan fingerprint density at radius 1 is 1.08 bits per heavy atom. The van der Waals surface area contributed by atoms with E-state index in [1.165, 1.54) is 0 Å². The summed E-state index contributed by atoms with van der Waals surface area (Å²) in [7, 11) is 1.62. The number of hydrogen-bond donors (Lipinski definition) is 1. The molecule has 0 aliphatic carbocycles. The Morgan fingerprint density at radius 3 is 2.56 bits per heavy atom. The molecule has 2 aromatic carbocycles. The normalized spacial score (nSPS) is 12.0. The fourth-order valence-corrected chi connectivity index (χ4v) is 3.64. The maximum atomic E-state index is 6.44. The van der Waals surface area contributed by atoms with Crippen molar-refractivity contribution in [3.05, 3.63) is 81.0 Å². The number of thiophene rings is 1. The van der Waals surface area contributed by atoms with Crippen LogP contribution in [-0.4, -0.2) is 7.11 Å². The van der Waals surface area contributed by atoms with Crippen LogP contribution < -0.4 is 15.2 Å². The van der Waals surface area contributed by atoms with Crippen LogP contribution in [0.3, 0.4) is 0 Å². The topological polar surface area (TPSA) is 44.5 Å². The molecule has 0 radical (unpaired) electrons. The van der Waals surface area contributed by atoms with Gasteiger partial charge in [0.15, 0.2) is 11.5 Å². The lowest BCUT2D eigenvalue weighted by molar-refractivity contribution is 0.284. The van der Waals surface area contributed by atoms with E-state index in [1.54, 1.807) is 18.4 Å². The molecule has 0 bridgehead atoms. The first-order chi connectivity index (χ1) is 12.2. The van der Waals surface area contributed by atoms with E-state index in [0.29, 0.717) is 29.5 Å². The van der Waals surface area contributed by atoms with Crippen molar-refractivity contribution in [2.75, 3.05) is 7.11 Å². The van der Waals surface area contributed by atoms with Crippen LogP contribution in [0.25, 0.3) is 0 Å². The van der Waals surface area contributed by atoms with E-state index in [2.05, 4.69) is 0 Å². The summed E-state index contributed by atoms with van der Waals surface area (Å²) in [5.41, 5.74) is 8.38. The van der Waals surface area contributed by atoms with E-state index in [1.807, 2.05) is 60.0 Å². The number of benzene rings is 2. The second kappa shape index (κ2) is 8.39. The van der Waals surface area contributed by atoms with Gasteiger partial charge in [0, 0.05) is 10.9 Å². The predicted molar refractivity (Wildman–Crippen MR) is 104 cm³/mol. The highest BCUT2D eigenvalue weighted by molar-refractivity contribution is 7.10. The molecular formula is C20H20ClNO2S. The van der Waals surface area contributed by atoms with Crippen molar-refractivity contribution in [2.45, 2.75) is 19.1 Å². The number of rotatable bonds is 7. The van der Waals surface area contributed by atoms with Crippen LogP contribution in [0.5, 0.6) is 11.5 Å². The van der Waals surface area contributed by atoms with Gasteiger partial charge in [-0.2, -0.15) is 0 Å². The number of nitrogens with two attached hydrogens (primary N) is 1. The molecular weight excluding hydrogens is 354 g/mol. The van der Waals surface area contributed by atoms with E-state index in [4.69, 9.17) is 26.8 Å². The zero-order valence-corrected chi connectivity index (χ0v) is 15.5. The van der Waals surface area contributed by atoms with E-state index >= 15 is 0 Å². The Balaban J connectivity index is 1.76. The van der Waals surface area contributed by atoms with Crippen LogP contribution in [0, 0.1) is 0 Å². The van der Waals surface area contributed by atoms with Crippen LogP contribution in [-0.2, 0) is 13.0 Å². The van der Waals surface area contributed by atoms with Gasteiger partial charge in [0.1, 0.15) is 6.61 Å². The second-order valence-corrected chi connectivity index (χ2v) is 7.10. The SMILES string of the molecule is COc1cc(CC(N)c2cccs2)cc(Cl)c1OCc1ccccc1. The molecule has 3 rings (SSSR count). The number of ether oxygens (including phenoxy) is 2. The lowest BCUT2D eigenvalue weighted by Gasteiger charge is -2.16. The van der Waals surface area contributed by atoms with Crippen molar-refractivity contribution in [1.82, 2.24) is 0 Å². The minimum Gasteiger partial charge on any atom is -0.493 e. The summed E-state index contributed by atoms with van der Waals surface area (Å²) < 4.78 is 11.4. The van der Waals surface area contributed by atoms with Gasteiger partial charge >= 0.3 is 0 Å². The van der Waals surface area contributed by atoms with Gasteiger partial charge in [-0.15, -0.1) is 11.3 Å². The molecule has 1 aromatic heterocycles. The molecule has 5 heteroatoms. The zero-order valence-electron chi connectivity index (χ0n) is 13.9. The summed E-state index contributed by atoms with van der Waals surface area (Å²) in [4.78, 5) is 1.15. The van der Waals surface area contributed by atoms with Crippen LogP contribution in [0.1, 0.15) is 22.0 Å². The fourth-order valence-electron chi connectivity index (χ4n) is 2.62. The Hall–Kier alpha value is -2.01. The van der Waals surface area contributed by atoms with Gasteiger partial charge in [0.05, 0.1) is 12.1 Å². The minimum atomic E-state index is -0.0585. The van der Waals surface area contributed by atoms with Crippen LogP contribution >= 0.6 is 22.9 Å². The van der Waals surface area contributed by atoms with E-state index in [0.717, 1.165) is 16.0 Å². The predicted octanol–water partition coefficient (Wildman–Crippen LogP) is 5.23. The third kappa shape index (κ3) is 4.54. The quantitative estimate of drug-likeness (QED) is 0.616. The summed E-state index contributed by atoms with van der Waals surface area (Å²) in [5.74, 6) is 1.18. The summed E-state index contributed by atoms with van der Waals surface area (Å²) in [6, 6.07) is 17.8. The molecule has 3 aromatic rings. The second-order valence-electron chi connectivity index (χ2n) is 5.71. The molecule has 2 N–H and O–H groups in total. The van der Waals surface area contributed by atoms with Crippen molar-refractivity contribution < 1.29 is 9.47 Å². The Morgan fingerprint density at radius 2 is 1.88 bits per heavy atom. The average molecular weight is 374 g/mol. The molecule has 0 spiro atoms. The molecule has 0 aliphatic rings. The lowest BCUT2D eigenvalue weighted by Crippen LogP contribution is -2.12. The zero-order chi connectivity index (χ0) is 17.6. The Kier molecular flexibility index (Phi) is 5.97. The number of halogens is 1. The largest absolute Gasteiger partial charge is 0.493 e. The molecule has 25 heavy (non-hydrogen) atoms. The van der Waals surface area contributed by atoms with Gasteiger partial charge in [-0.1, -0.05) is 48.0 Å². The first kappa shape index (κ1) is 17.8. The van der Waals surface area contributed by atoms with Gasteiger partial charge in [-0.3, -0.25) is 0 Å². The average Bonchev–Trinajstić information content (AvgIpc) is 3.16. The van der Waals surface area contributed by atoms with Gasteiger partial charge in [-0.05, 0) is 41.1 Å². The van der Waals surface area contributed by atoms with Crippen molar-refractivity contribution in [2.24, 2.45) is 5.73 Å². The molecule has 0 saturated carbocycles. The number of hydrogen-bond acceptors (Lipinski definition) is 4. The van der Waals surface area contributed by atoms with Gasteiger partial charge in [0.25, 0.3) is 0 Å². The molecule has 3 nitrogen and oxygen atoms in total. The van der Waals surface area contributed by atoms with Crippen LogP contribution in [0.2, 0.25) is 5.02 Å². The standard InChI is InChI=1S/C20H20ClNO2S/c1-23-18-12-15(11-17(22)19-8-5-9-25-19)10-16(21)20(18)24-13-14-6-3-2-4-7-14/h2-10,12,17H,11,13,22H2,1H3. The fraction of sp³-hybridized carbons (Fsp3) is 0.200. The Bertz CT molecular complexity index is 806. The molecule has 1 unspecified atom stereocenters. The molecule has 1 heterocycles. The van der Waals surface area contributed by atoms with Crippen molar-refractivity contribution in [1.29, 1.82) is 0 Å². The maximum absolute atomic E-state index is 6.44. The third-order valence-electron chi connectivity index (χ3n) is 3.88. The summed E-state index contributed by atoms with van der Waals surface area (Å²) in [6.45, 7) is 0.435. The Labute approximate surface area is 157 Å². The minimum absolute atomic E-state index is 0.0585. The van der Waals surface area contributed by atoms with Gasteiger partial charge < -0.3 is 15.2 Å². The van der Waals surface area contributed by atoms with Crippen molar-refractivity contribution in [3.8, 4) is 11.5 Å². The van der Waals surface area contributed by atoms with E-state index in [-0.39, 0.29) is 6.04 Å². The molecule has 0 fully saturated rings. The highest BCUT2D eigenvalue weighted by Gasteiger charge is 2.15. The molecule has 0 amide bonds. The molecule has 1 atom stereocenters. The first-order valence-corrected chi connectivity index (χ1v) is 9.25. The van der Waals surface area contributed by atoms with Crippen LogP contribution in [0.4, 0.5) is 0 Å². The highest BCUT2D eigenvalue weighted by Crippen LogP contribution is 2.38. The summed E-state index contributed by atoms with van der Waals surface area (Å²) in [6.07, 6.45) is 0.690. The lowest BCUT2D eigenvalue weighted by atomic mass is 10.0. The maximum Gasteiger partial charge on any atom is 0.180 e. The molecule has 130 valence electrons. The van der Waals surface area contributed by atoms with Crippen LogP contribution in [0.15, 0.2) is 60.0 Å². The smallest absolute Gasteiger partial charge is 0.180 e. The number of methoxy groups -OCH3 is 1. The molecule has 0 aliphatic heterocycles.